The normalized spacial score (nSPS) is 16.0. The van der Waals surface area contributed by atoms with Crippen LogP contribution in [0.5, 0.6) is 5.75 Å². The van der Waals surface area contributed by atoms with Crippen LogP contribution in [0.2, 0.25) is 0 Å². The van der Waals surface area contributed by atoms with Crippen molar-refractivity contribution in [1.82, 2.24) is 9.21 Å². The van der Waals surface area contributed by atoms with Crippen LogP contribution in [0.15, 0.2) is 52.1 Å². The molecule has 1 aliphatic heterocycles. The Morgan fingerprint density at radius 2 is 1.89 bits per heavy atom. The Morgan fingerprint density at radius 3 is 2.56 bits per heavy atom. The van der Waals surface area contributed by atoms with E-state index in [0.717, 1.165) is 11.3 Å². The van der Waals surface area contributed by atoms with Crippen LogP contribution >= 0.6 is 11.3 Å². The summed E-state index contributed by atoms with van der Waals surface area (Å²) in [5.74, 6) is 0.602. The molecule has 2 heterocycles. The number of carbonyl (C=O) groups excluding carboxylic acids is 1. The molecule has 1 amide bonds. The molecule has 2 aromatic rings. The molecule has 1 aliphatic rings. The Labute approximate surface area is 163 Å². The van der Waals surface area contributed by atoms with E-state index < -0.39 is 10.0 Å². The summed E-state index contributed by atoms with van der Waals surface area (Å²) < 4.78 is 32.4. The van der Waals surface area contributed by atoms with Gasteiger partial charge in [-0.3, -0.25) is 4.79 Å². The van der Waals surface area contributed by atoms with Gasteiger partial charge < -0.3 is 9.64 Å². The van der Waals surface area contributed by atoms with Crippen molar-refractivity contribution in [3.63, 3.8) is 0 Å². The van der Waals surface area contributed by atoms with E-state index in [1.165, 1.54) is 21.7 Å². The highest BCUT2D eigenvalue weighted by atomic mass is 32.2. The predicted octanol–water partition coefficient (Wildman–Crippen LogP) is 2.69. The Morgan fingerprint density at radius 1 is 1.15 bits per heavy atom. The number of para-hydroxylation sites is 1. The lowest BCUT2D eigenvalue weighted by Crippen LogP contribution is -2.50. The molecule has 0 saturated carbocycles. The van der Waals surface area contributed by atoms with E-state index >= 15 is 0 Å². The summed E-state index contributed by atoms with van der Waals surface area (Å²) in [6, 6.07) is 10.9. The van der Waals surface area contributed by atoms with Crippen molar-refractivity contribution < 1.29 is 17.9 Å². The molecule has 1 aromatic carbocycles. The molecule has 27 heavy (non-hydrogen) atoms. The fraction of sp³-hybridized carbons (Fsp3) is 0.316. The molecule has 1 saturated heterocycles. The maximum Gasteiger partial charge on any atom is 0.252 e. The molecule has 0 N–H and O–H groups in total. The van der Waals surface area contributed by atoms with Crippen molar-refractivity contribution in [2.24, 2.45) is 0 Å². The lowest BCUT2D eigenvalue weighted by molar-refractivity contribution is -0.127. The van der Waals surface area contributed by atoms with E-state index in [1.54, 1.807) is 28.5 Å². The molecule has 0 atom stereocenters. The summed E-state index contributed by atoms with van der Waals surface area (Å²) in [5.41, 5.74) is 0.839. The van der Waals surface area contributed by atoms with Crippen LogP contribution in [0.4, 0.5) is 0 Å². The zero-order valence-corrected chi connectivity index (χ0v) is 16.7. The number of carbonyl (C=O) groups is 1. The maximum atomic E-state index is 12.5. The molecule has 1 aromatic heterocycles. The number of rotatable bonds is 6. The van der Waals surface area contributed by atoms with Crippen LogP contribution in [0.25, 0.3) is 6.08 Å². The fourth-order valence-electron chi connectivity index (χ4n) is 2.86. The summed E-state index contributed by atoms with van der Waals surface area (Å²) in [5, 5.41) is 1.75. The van der Waals surface area contributed by atoms with Gasteiger partial charge in [-0.25, -0.2) is 8.42 Å². The largest absolute Gasteiger partial charge is 0.493 e. The quantitative estimate of drug-likeness (QED) is 0.692. The van der Waals surface area contributed by atoms with Crippen molar-refractivity contribution in [3.8, 4) is 5.75 Å². The highest BCUT2D eigenvalue weighted by molar-refractivity contribution is 7.91. The number of ether oxygens (including phenoxy) is 1. The van der Waals surface area contributed by atoms with E-state index in [0.29, 0.717) is 37.0 Å². The van der Waals surface area contributed by atoms with E-state index in [9.17, 15) is 13.2 Å². The first-order chi connectivity index (χ1) is 13.0. The molecule has 1 fully saturated rings. The fourth-order valence-corrected chi connectivity index (χ4v) is 5.42. The molecule has 8 heteroatoms. The van der Waals surface area contributed by atoms with Gasteiger partial charge in [-0.1, -0.05) is 24.3 Å². The Balaban J connectivity index is 1.61. The Bertz CT molecular complexity index is 900. The summed E-state index contributed by atoms with van der Waals surface area (Å²) >= 11 is 1.21. The SMILES string of the molecule is CCOc1ccccc1/C=C/C(=O)N1CCN(S(=O)(=O)c2cccs2)CC1. The van der Waals surface area contributed by atoms with Crippen LogP contribution < -0.4 is 4.74 Å². The van der Waals surface area contributed by atoms with E-state index in [1.807, 2.05) is 31.2 Å². The highest BCUT2D eigenvalue weighted by Crippen LogP contribution is 2.22. The second-order valence-electron chi connectivity index (χ2n) is 5.97. The molecule has 0 bridgehead atoms. The average Bonchev–Trinajstić information content (AvgIpc) is 3.23. The number of nitrogens with zero attached hydrogens (tertiary/aromatic N) is 2. The number of amides is 1. The third-order valence-electron chi connectivity index (χ3n) is 4.26. The van der Waals surface area contributed by atoms with Gasteiger partial charge in [0.1, 0.15) is 9.96 Å². The number of hydrogen-bond acceptors (Lipinski definition) is 5. The number of sulfonamides is 1. The van der Waals surface area contributed by atoms with Gasteiger partial charge in [0.05, 0.1) is 6.61 Å². The molecule has 0 aliphatic carbocycles. The van der Waals surface area contributed by atoms with Crippen LogP contribution in [0.1, 0.15) is 12.5 Å². The summed E-state index contributed by atoms with van der Waals surface area (Å²) in [7, 11) is -3.46. The minimum absolute atomic E-state index is 0.130. The van der Waals surface area contributed by atoms with Gasteiger partial charge >= 0.3 is 0 Å². The zero-order chi connectivity index (χ0) is 19.3. The number of benzene rings is 1. The van der Waals surface area contributed by atoms with Crippen molar-refractivity contribution in [1.29, 1.82) is 0 Å². The van der Waals surface area contributed by atoms with Gasteiger partial charge in [-0.2, -0.15) is 4.31 Å². The molecule has 6 nitrogen and oxygen atoms in total. The number of piperazine rings is 1. The van der Waals surface area contributed by atoms with Gasteiger partial charge in [0, 0.05) is 37.8 Å². The van der Waals surface area contributed by atoms with Crippen LogP contribution in [-0.4, -0.2) is 56.3 Å². The smallest absolute Gasteiger partial charge is 0.252 e. The topological polar surface area (TPSA) is 66.9 Å². The van der Waals surface area contributed by atoms with Crippen LogP contribution in [0, 0.1) is 0 Å². The minimum atomic E-state index is -3.46. The molecule has 144 valence electrons. The van der Waals surface area contributed by atoms with E-state index in [2.05, 4.69) is 0 Å². The van der Waals surface area contributed by atoms with Gasteiger partial charge in [0.15, 0.2) is 0 Å². The summed E-state index contributed by atoms with van der Waals surface area (Å²) in [6.07, 6.45) is 3.25. The van der Waals surface area contributed by atoms with Gasteiger partial charge in [0.25, 0.3) is 10.0 Å². The Hall–Kier alpha value is -2.16. The zero-order valence-electron chi connectivity index (χ0n) is 15.1. The molecular weight excluding hydrogens is 384 g/mol. The summed E-state index contributed by atoms with van der Waals surface area (Å²) in [6.45, 7) is 3.82. The molecule has 0 radical (unpaired) electrons. The van der Waals surface area contributed by atoms with E-state index in [4.69, 9.17) is 4.74 Å². The third kappa shape index (κ3) is 4.58. The first kappa shape index (κ1) is 19.6. The van der Waals surface area contributed by atoms with Crippen LogP contribution in [-0.2, 0) is 14.8 Å². The van der Waals surface area contributed by atoms with Crippen molar-refractivity contribution in [2.75, 3.05) is 32.8 Å². The van der Waals surface area contributed by atoms with Crippen molar-refractivity contribution in [2.45, 2.75) is 11.1 Å². The second kappa shape index (κ2) is 8.69. The standard InChI is InChI=1S/C19H22N2O4S2/c1-2-25-17-7-4-3-6-16(17)9-10-18(22)20-11-13-21(14-12-20)27(23,24)19-8-5-15-26-19/h3-10,15H,2,11-14H2,1H3/b10-9+. The van der Waals surface area contributed by atoms with Gasteiger partial charge in [-0.05, 0) is 30.5 Å². The second-order valence-corrected chi connectivity index (χ2v) is 9.08. The van der Waals surface area contributed by atoms with Crippen molar-refractivity contribution in [3.05, 3.63) is 53.4 Å². The lowest BCUT2D eigenvalue weighted by Gasteiger charge is -2.33. The highest BCUT2D eigenvalue weighted by Gasteiger charge is 2.30. The number of hydrogen-bond donors (Lipinski definition) is 0. The maximum absolute atomic E-state index is 12.5. The molecule has 0 unspecified atom stereocenters. The molecule has 0 spiro atoms. The first-order valence-corrected chi connectivity index (χ1v) is 11.1. The van der Waals surface area contributed by atoms with Crippen molar-refractivity contribution >= 4 is 33.3 Å². The summed E-state index contributed by atoms with van der Waals surface area (Å²) in [4.78, 5) is 14.1. The van der Waals surface area contributed by atoms with Crippen LogP contribution in [0.3, 0.4) is 0 Å². The number of thiophene rings is 1. The molecule has 3 rings (SSSR count). The predicted molar refractivity (Wildman–Crippen MR) is 106 cm³/mol. The Kier molecular flexibility index (Phi) is 6.30. The van der Waals surface area contributed by atoms with Gasteiger partial charge in [0.2, 0.25) is 5.91 Å². The first-order valence-electron chi connectivity index (χ1n) is 8.75. The third-order valence-corrected chi connectivity index (χ3v) is 7.54. The average molecular weight is 407 g/mol. The lowest BCUT2D eigenvalue weighted by atomic mass is 10.2. The minimum Gasteiger partial charge on any atom is -0.493 e. The monoisotopic (exact) mass is 406 g/mol. The van der Waals surface area contributed by atoms with E-state index in [-0.39, 0.29) is 5.91 Å². The van der Waals surface area contributed by atoms with Gasteiger partial charge in [-0.15, -0.1) is 11.3 Å². The molecular formula is C19H22N2O4S2.